The van der Waals surface area contributed by atoms with Crippen LogP contribution in [0.5, 0.6) is 0 Å². The van der Waals surface area contributed by atoms with Crippen LogP contribution in [0.4, 0.5) is 0 Å². The average molecular weight is 324 g/mol. The normalized spacial score (nSPS) is 29.0. The summed E-state index contributed by atoms with van der Waals surface area (Å²) in [4.78, 5) is 12.8. The number of carbonyl (C=O) groups is 1. The first kappa shape index (κ1) is 17.2. The molecule has 1 amide bonds. The molecule has 132 valence electrons. The maximum atomic E-state index is 12.8. The Morgan fingerprint density at radius 3 is 2.70 bits per heavy atom. The maximum absolute atomic E-state index is 12.8. The van der Waals surface area contributed by atoms with Gasteiger partial charge in [-0.1, -0.05) is 19.8 Å². The van der Waals surface area contributed by atoms with Crippen molar-refractivity contribution >= 4 is 5.91 Å². The molecule has 1 aliphatic carbocycles. The van der Waals surface area contributed by atoms with Crippen molar-refractivity contribution in [1.29, 1.82) is 0 Å². The van der Waals surface area contributed by atoms with Crippen molar-refractivity contribution < 1.29 is 14.3 Å². The van der Waals surface area contributed by atoms with E-state index in [1.165, 1.54) is 25.7 Å². The summed E-state index contributed by atoms with van der Waals surface area (Å²) in [5, 5.41) is 6.45. The summed E-state index contributed by atoms with van der Waals surface area (Å²) >= 11 is 0. The third-order valence-corrected chi connectivity index (χ3v) is 5.85. The van der Waals surface area contributed by atoms with Crippen LogP contribution >= 0.6 is 0 Å². The van der Waals surface area contributed by atoms with Crippen LogP contribution in [-0.4, -0.2) is 50.5 Å². The summed E-state index contributed by atoms with van der Waals surface area (Å²) in [7, 11) is 0. The van der Waals surface area contributed by atoms with Gasteiger partial charge in [-0.15, -0.1) is 0 Å². The molecule has 1 atom stereocenters. The Morgan fingerprint density at radius 1 is 1.26 bits per heavy atom. The van der Waals surface area contributed by atoms with Gasteiger partial charge in [0.1, 0.15) is 5.60 Å². The number of hydrogen-bond donors (Lipinski definition) is 2. The monoisotopic (exact) mass is 324 g/mol. The molecule has 0 radical (unpaired) electrons. The van der Waals surface area contributed by atoms with Gasteiger partial charge in [0.15, 0.2) is 0 Å². The fourth-order valence-corrected chi connectivity index (χ4v) is 4.43. The highest BCUT2D eigenvalue weighted by Gasteiger charge is 2.44. The Kier molecular flexibility index (Phi) is 5.60. The molecule has 1 unspecified atom stereocenters. The van der Waals surface area contributed by atoms with Gasteiger partial charge in [0.25, 0.3) is 5.91 Å². The van der Waals surface area contributed by atoms with Gasteiger partial charge in [0, 0.05) is 13.2 Å². The molecule has 2 aliphatic heterocycles. The molecule has 0 aromatic rings. The number of rotatable bonds is 6. The minimum atomic E-state index is -0.634. The zero-order valence-corrected chi connectivity index (χ0v) is 14.5. The van der Waals surface area contributed by atoms with Crippen LogP contribution < -0.4 is 10.6 Å². The Balaban J connectivity index is 1.51. The van der Waals surface area contributed by atoms with Gasteiger partial charge in [0.05, 0.1) is 12.7 Å². The largest absolute Gasteiger partial charge is 0.376 e. The second kappa shape index (κ2) is 7.49. The van der Waals surface area contributed by atoms with E-state index in [0.717, 1.165) is 45.4 Å². The van der Waals surface area contributed by atoms with Crippen LogP contribution in [0.1, 0.15) is 58.3 Å². The molecule has 23 heavy (non-hydrogen) atoms. The van der Waals surface area contributed by atoms with Crippen molar-refractivity contribution in [3.63, 3.8) is 0 Å². The lowest BCUT2D eigenvalue weighted by Gasteiger charge is -2.36. The second-order valence-corrected chi connectivity index (χ2v) is 7.65. The standard InChI is InChI=1S/C18H32N2O3/c1-2-11-23-18(7-9-19-10-8-18)16(21)20-13-15-12-17(14-22-15)5-3-4-6-17/h15,19H,2-14H2,1H3,(H,20,21). The molecule has 3 fully saturated rings. The highest BCUT2D eigenvalue weighted by atomic mass is 16.5. The van der Waals surface area contributed by atoms with Gasteiger partial charge in [-0.25, -0.2) is 0 Å². The zero-order chi connectivity index (χ0) is 16.2. The van der Waals surface area contributed by atoms with E-state index in [1.807, 2.05) is 0 Å². The lowest BCUT2D eigenvalue weighted by molar-refractivity contribution is -0.151. The topological polar surface area (TPSA) is 59.6 Å². The molecular formula is C18H32N2O3. The van der Waals surface area contributed by atoms with Gasteiger partial charge < -0.3 is 20.1 Å². The molecule has 0 aromatic carbocycles. The van der Waals surface area contributed by atoms with Crippen LogP contribution in [0.2, 0.25) is 0 Å². The quantitative estimate of drug-likeness (QED) is 0.784. The number of amides is 1. The molecule has 5 nitrogen and oxygen atoms in total. The first-order chi connectivity index (χ1) is 11.2. The van der Waals surface area contributed by atoms with Crippen LogP contribution in [0.25, 0.3) is 0 Å². The molecule has 1 saturated carbocycles. The lowest BCUT2D eigenvalue weighted by Crippen LogP contribution is -2.55. The Labute approximate surface area is 139 Å². The van der Waals surface area contributed by atoms with E-state index in [2.05, 4.69) is 17.6 Å². The number of piperidine rings is 1. The Morgan fingerprint density at radius 2 is 2.00 bits per heavy atom. The molecular weight excluding hydrogens is 292 g/mol. The first-order valence-corrected chi connectivity index (χ1v) is 9.43. The molecule has 2 saturated heterocycles. The number of ether oxygens (including phenoxy) is 2. The fraction of sp³-hybridized carbons (Fsp3) is 0.944. The zero-order valence-electron chi connectivity index (χ0n) is 14.5. The van der Waals surface area contributed by atoms with E-state index in [-0.39, 0.29) is 12.0 Å². The third-order valence-electron chi connectivity index (χ3n) is 5.85. The van der Waals surface area contributed by atoms with Gasteiger partial charge >= 0.3 is 0 Å². The molecule has 1 spiro atoms. The van der Waals surface area contributed by atoms with E-state index >= 15 is 0 Å². The average Bonchev–Trinajstić information content (AvgIpc) is 3.21. The molecule has 0 aromatic heterocycles. The van der Waals surface area contributed by atoms with E-state index in [9.17, 15) is 4.79 Å². The first-order valence-electron chi connectivity index (χ1n) is 9.43. The number of nitrogens with one attached hydrogen (secondary N) is 2. The summed E-state index contributed by atoms with van der Waals surface area (Å²) in [5.74, 6) is 0.0587. The molecule has 5 heteroatoms. The highest BCUT2D eigenvalue weighted by Crippen LogP contribution is 2.46. The van der Waals surface area contributed by atoms with Crippen molar-refractivity contribution in [2.24, 2.45) is 5.41 Å². The van der Waals surface area contributed by atoms with Crippen molar-refractivity contribution in [3.8, 4) is 0 Å². The summed E-state index contributed by atoms with van der Waals surface area (Å²) < 4.78 is 12.0. The van der Waals surface area contributed by atoms with Crippen molar-refractivity contribution in [2.45, 2.75) is 70.0 Å². The fourth-order valence-electron chi connectivity index (χ4n) is 4.43. The highest BCUT2D eigenvalue weighted by molar-refractivity contribution is 5.85. The molecule has 3 rings (SSSR count). The number of carbonyl (C=O) groups excluding carboxylic acids is 1. The van der Waals surface area contributed by atoms with Gasteiger partial charge in [-0.3, -0.25) is 4.79 Å². The van der Waals surface area contributed by atoms with Gasteiger partial charge in [-0.05, 0) is 57.0 Å². The van der Waals surface area contributed by atoms with Crippen LogP contribution in [0, 0.1) is 5.41 Å². The summed E-state index contributed by atoms with van der Waals surface area (Å²) in [6, 6.07) is 0. The predicted octanol–water partition coefficient (Wildman–Crippen LogP) is 2.00. The number of hydrogen-bond acceptors (Lipinski definition) is 4. The van der Waals surface area contributed by atoms with Gasteiger partial charge in [-0.2, -0.15) is 0 Å². The molecule has 0 bridgehead atoms. The van der Waals surface area contributed by atoms with Gasteiger partial charge in [0.2, 0.25) is 0 Å². The predicted molar refractivity (Wildman–Crippen MR) is 89.3 cm³/mol. The van der Waals surface area contributed by atoms with E-state index in [0.29, 0.717) is 18.6 Å². The summed E-state index contributed by atoms with van der Waals surface area (Å²) in [6.07, 6.45) is 9.02. The minimum Gasteiger partial charge on any atom is -0.376 e. The maximum Gasteiger partial charge on any atom is 0.252 e. The summed E-state index contributed by atoms with van der Waals surface area (Å²) in [5.41, 5.74) is -0.217. The van der Waals surface area contributed by atoms with E-state index in [1.54, 1.807) is 0 Å². The summed E-state index contributed by atoms with van der Waals surface area (Å²) in [6.45, 7) is 5.94. The smallest absolute Gasteiger partial charge is 0.252 e. The minimum absolute atomic E-state index is 0.0587. The Hall–Kier alpha value is -0.650. The van der Waals surface area contributed by atoms with Crippen molar-refractivity contribution in [1.82, 2.24) is 10.6 Å². The van der Waals surface area contributed by atoms with Crippen molar-refractivity contribution in [2.75, 3.05) is 32.8 Å². The Bertz CT molecular complexity index is 401. The molecule has 2 N–H and O–H groups in total. The van der Waals surface area contributed by atoms with Crippen LogP contribution in [-0.2, 0) is 14.3 Å². The van der Waals surface area contributed by atoms with Crippen LogP contribution in [0.3, 0.4) is 0 Å². The third kappa shape index (κ3) is 3.89. The SMILES string of the molecule is CCCOC1(C(=O)NCC2CC3(CCCC3)CO2)CCNCC1. The molecule has 3 aliphatic rings. The van der Waals surface area contributed by atoms with Crippen molar-refractivity contribution in [3.05, 3.63) is 0 Å². The lowest BCUT2D eigenvalue weighted by atomic mass is 9.84. The molecule has 2 heterocycles. The van der Waals surface area contributed by atoms with E-state index in [4.69, 9.17) is 9.47 Å². The van der Waals surface area contributed by atoms with E-state index < -0.39 is 5.60 Å². The van der Waals surface area contributed by atoms with Crippen LogP contribution in [0.15, 0.2) is 0 Å². The second-order valence-electron chi connectivity index (χ2n) is 7.65.